The molecule has 2 aromatic carbocycles. The average Bonchev–Trinajstić information content (AvgIpc) is 2.88. The second-order valence-corrected chi connectivity index (χ2v) is 7.61. The minimum absolute atomic E-state index is 0.178. The van der Waals surface area contributed by atoms with Gasteiger partial charge < -0.3 is 20.1 Å². The normalized spacial score (nSPS) is 11.5. The molecule has 0 aromatic heterocycles. The van der Waals surface area contributed by atoms with Crippen LogP contribution in [-0.2, 0) is 41.0 Å². The summed E-state index contributed by atoms with van der Waals surface area (Å²) in [6.45, 7) is -2.32. The zero-order valence-electron chi connectivity index (χ0n) is 20.3. The molecule has 42 heavy (non-hydrogen) atoms. The van der Waals surface area contributed by atoms with Crippen molar-refractivity contribution in [1.29, 1.82) is 0 Å². The third-order valence-electron chi connectivity index (χ3n) is 4.63. The summed E-state index contributed by atoms with van der Waals surface area (Å²) in [6, 6.07) is 2.95. The van der Waals surface area contributed by atoms with Gasteiger partial charge in [0.2, 0.25) is 0 Å². The molecule has 0 fully saturated rings. The van der Waals surface area contributed by atoms with E-state index in [1.165, 1.54) is 0 Å². The molecule has 2 aromatic rings. The van der Waals surface area contributed by atoms with E-state index in [-0.39, 0.29) is 12.1 Å². The van der Waals surface area contributed by atoms with Crippen LogP contribution >= 0.6 is 0 Å². The van der Waals surface area contributed by atoms with Gasteiger partial charge in [0.05, 0.1) is 32.3 Å². The van der Waals surface area contributed by atoms with Crippen molar-refractivity contribution in [2.45, 2.75) is 12.4 Å². The molecule has 0 aliphatic carbocycles. The molecule has 0 atom stereocenters. The predicted molar refractivity (Wildman–Crippen MR) is 125 cm³/mol. The van der Waals surface area contributed by atoms with Crippen molar-refractivity contribution in [2.24, 2.45) is 0 Å². The lowest BCUT2D eigenvalue weighted by atomic mass is 10.1. The highest BCUT2D eigenvalue weighted by atomic mass is 19.4. The number of carbonyl (C=O) groups excluding carboxylic acids is 4. The van der Waals surface area contributed by atoms with Crippen LogP contribution in [0.4, 0.5) is 49.1 Å². The molecule has 0 saturated heterocycles. The molecule has 0 unspecified atom stereocenters. The van der Waals surface area contributed by atoms with Crippen molar-refractivity contribution >= 4 is 46.5 Å². The monoisotopic (exact) mass is 608 g/mol. The van der Waals surface area contributed by atoms with E-state index in [1.807, 2.05) is 0 Å². The molecule has 0 aliphatic rings. The first-order chi connectivity index (χ1) is 19.4. The summed E-state index contributed by atoms with van der Waals surface area (Å²) in [7, 11) is 0. The van der Waals surface area contributed by atoms with Crippen molar-refractivity contribution in [3.05, 3.63) is 79.9 Å². The summed E-state index contributed by atoms with van der Waals surface area (Å²) in [5.41, 5.74) is -6.65. The standard InChI is InChI=1S/C22H14F6N4O10/c23-21(24,25)13-7-11(31(37)38)1-3-15(13)29-17(33)9-41-19(35)5-6-20(36)42-10-18(34)30-16-4-2-12(32(39)40)8-14(16)22(26,27)28/h1-8H,9-10H2,(H,29,33)(H,30,34)/b6-5+. The van der Waals surface area contributed by atoms with Gasteiger partial charge in [-0.15, -0.1) is 0 Å². The first kappa shape index (κ1) is 32.7. The van der Waals surface area contributed by atoms with Gasteiger partial charge >= 0.3 is 24.3 Å². The second kappa shape index (κ2) is 13.2. The van der Waals surface area contributed by atoms with Crippen molar-refractivity contribution in [1.82, 2.24) is 0 Å². The Morgan fingerprint density at radius 1 is 0.690 bits per heavy atom. The lowest BCUT2D eigenvalue weighted by Gasteiger charge is -2.13. The Kier molecular flexibility index (Phi) is 10.3. The molecule has 14 nitrogen and oxygen atoms in total. The first-order valence-electron chi connectivity index (χ1n) is 10.7. The van der Waals surface area contributed by atoms with Gasteiger partial charge in [-0.2, -0.15) is 26.3 Å². The van der Waals surface area contributed by atoms with Crippen molar-refractivity contribution in [2.75, 3.05) is 23.8 Å². The van der Waals surface area contributed by atoms with Gasteiger partial charge in [0, 0.05) is 36.4 Å². The quantitative estimate of drug-likeness (QED) is 0.132. The molecule has 0 spiro atoms. The molecule has 20 heteroatoms. The number of non-ortho nitro benzene ring substituents is 2. The van der Waals surface area contributed by atoms with Crippen LogP contribution in [0, 0.1) is 20.2 Å². The molecule has 224 valence electrons. The van der Waals surface area contributed by atoms with E-state index in [0.29, 0.717) is 36.4 Å². The number of alkyl halides is 6. The summed E-state index contributed by atoms with van der Waals surface area (Å²) in [5, 5.41) is 24.9. The largest absolute Gasteiger partial charge is 0.452 e. The molecule has 0 heterocycles. The van der Waals surface area contributed by atoms with Crippen LogP contribution in [0.1, 0.15) is 11.1 Å². The van der Waals surface area contributed by atoms with Crippen molar-refractivity contribution < 1.29 is 64.8 Å². The Hall–Kier alpha value is -5.56. The number of nitrogens with one attached hydrogen (secondary N) is 2. The molecule has 0 saturated carbocycles. The van der Waals surface area contributed by atoms with Crippen LogP contribution in [-0.4, -0.2) is 46.8 Å². The summed E-state index contributed by atoms with van der Waals surface area (Å²) in [6.07, 6.45) is -9.40. The number of nitrogens with zero attached hydrogens (tertiary/aromatic N) is 2. The topological polar surface area (TPSA) is 197 Å². The van der Waals surface area contributed by atoms with Crippen LogP contribution in [0.3, 0.4) is 0 Å². The minimum atomic E-state index is -5.09. The Bertz CT molecular complexity index is 1350. The number of esters is 2. The van der Waals surface area contributed by atoms with Gasteiger partial charge in [0.25, 0.3) is 23.2 Å². The highest BCUT2D eigenvalue weighted by Crippen LogP contribution is 2.38. The number of hydrogen-bond acceptors (Lipinski definition) is 10. The fourth-order valence-electron chi connectivity index (χ4n) is 2.86. The third-order valence-corrected chi connectivity index (χ3v) is 4.63. The molecule has 0 radical (unpaired) electrons. The van der Waals surface area contributed by atoms with Gasteiger partial charge in [0.1, 0.15) is 0 Å². The van der Waals surface area contributed by atoms with E-state index in [2.05, 4.69) is 9.47 Å². The molecule has 2 amide bonds. The number of nitro benzene ring substituents is 2. The summed E-state index contributed by atoms with van der Waals surface area (Å²) in [4.78, 5) is 66.3. The van der Waals surface area contributed by atoms with Gasteiger partial charge in [-0.3, -0.25) is 29.8 Å². The smallest absolute Gasteiger partial charge is 0.418 e. The van der Waals surface area contributed by atoms with Crippen LogP contribution in [0.5, 0.6) is 0 Å². The van der Waals surface area contributed by atoms with Gasteiger partial charge in [-0.05, 0) is 12.1 Å². The Morgan fingerprint density at radius 2 is 1.02 bits per heavy atom. The van der Waals surface area contributed by atoms with Crippen molar-refractivity contribution in [3.63, 3.8) is 0 Å². The third kappa shape index (κ3) is 9.57. The molecule has 0 aliphatic heterocycles. The predicted octanol–water partition coefficient (Wildman–Crippen LogP) is 3.76. The maximum absolute atomic E-state index is 13.2. The molecule has 0 bridgehead atoms. The van der Waals surface area contributed by atoms with E-state index >= 15 is 0 Å². The lowest BCUT2D eigenvalue weighted by molar-refractivity contribution is -0.385. The number of nitro groups is 2. The zero-order chi connectivity index (χ0) is 31.8. The van der Waals surface area contributed by atoms with Gasteiger partial charge in [0.15, 0.2) is 13.2 Å². The van der Waals surface area contributed by atoms with E-state index < -0.39 is 93.0 Å². The van der Waals surface area contributed by atoms with E-state index in [4.69, 9.17) is 0 Å². The van der Waals surface area contributed by atoms with E-state index in [0.717, 1.165) is 0 Å². The zero-order valence-corrected chi connectivity index (χ0v) is 20.3. The number of ether oxygens (including phenoxy) is 2. The summed E-state index contributed by atoms with van der Waals surface area (Å²) < 4.78 is 87.8. The van der Waals surface area contributed by atoms with E-state index in [9.17, 15) is 65.7 Å². The number of carbonyl (C=O) groups is 4. The van der Waals surface area contributed by atoms with Crippen LogP contribution in [0.2, 0.25) is 0 Å². The second-order valence-electron chi connectivity index (χ2n) is 7.61. The van der Waals surface area contributed by atoms with E-state index in [1.54, 1.807) is 10.6 Å². The number of halogens is 6. The van der Waals surface area contributed by atoms with Crippen LogP contribution < -0.4 is 10.6 Å². The number of hydrogen-bond donors (Lipinski definition) is 2. The lowest BCUT2D eigenvalue weighted by Crippen LogP contribution is -2.23. The Labute approximate surface area is 228 Å². The summed E-state index contributed by atoms with van der Waals surface area (Å²) >= 11 is 0. The Balaban J connectivity index is 1.89. The SMILES string of the molecule is O=C(COC(=O)/C=C/C(=O)OCC(=O)Nc1ccc([N+](=O)[O-])cc1C(F)(F)F)Nc1ccc([N+](=O)[O-])cc1C(F)(F)F. The fraction of sp³-hybridized carbons (Fsp3) is 0.182. The minimum Gasteiger partial charge on any atom is -0.452 e. The van der Waals surface area contributed by atoms with Crippen molar-refractivity contribution in [3.8, 4) is 0 Å². The molecule has 2 N–H and O–H groups in total. The first-order valence-corrected chi connectivity index (χ1v) is 10.7. The number of anilines is 2. The number of rotatable bonds is 10. The number of benzene rings is 2. The average molecular weight is 608 g/mol. The molecule has 2 rings (SSSR count). The van der Waals surface area contributed by atoms with Crippen LogP contribution in [0.15, 0.2) is 48.6 Å². The maximum atomic E-state index is 13.2. The highest BCUT2D eigenvalue weighted by Gasteiger charge is 2.36. The molecular weight excluding hydrogens is 594 g/mol. The summed E-state index contributed by atoms with van der Waals surface area (Å²) in [5.74, 6) is -5.35. The van der Waals surface area contributed by atoms with Gasteiger partial charge in [-0.25, -0.2) is 9.59 Å². The molecular formula is C22H14F6N4O10. The van der Waals surface area contributed by atoms with Crippen LogP contribution in [0.25, 0.3) is 0 Å². The highest BCUT2D eigenvalue weighted by molar-refractivity contribution is 5.97. The fourth-order valence-corrected chi connectivity index (χ4v) is 2.86. The Morgan fingerprint density at radius 3 is 1.31 bits per heavy atom. The van der Waals surface area contributed by atoms with Gasteiger partial charge in [-0.1, -0.05) is 0 Å². The maximum Gasteiger partial charge on any atom is 0.418 e. The number of amides is 2.